The van der Waals surface area contributed by atoms with Crippen molar-refractivity contribution in [2.45, 2.75) is 6.42 Å². The SMILES string of the molecule is COc1ccc(C(=O)CC(=O)O)c(O)c1. The molecule has 0 bridgehead atoms. The standard InChI is InChI=1S/C10H10O5/c1-15-6-2-3-7(8(11)4-6)9(12)5-10(13)14/h2-4,11H,5H2,1H3,(H,13,14). The summed E-state index contributed by atoms with van der Waals surface area (Å²) in [5, 5.41) is 17.8. The van der Waals surface area contributed by atoms with Gasteiger partial charge in [0.05, 0.1) is 12.7 Å². The Morgan fingerprint density at radius 1 is 1.40 bits per heavy atom. The number of ether oxygens (including phenoxy) is 1. The number of carbonyl (C=O) groups is 2. The molecule has 0 saturated carbocycles. The van der Waals surface area contributed by atoms with Crippen molar-refractivity contribution in [3.05, 3.63) is 23.8 Å². The molecule has 0 aliphatic rings. The number of hydrogen-bond acceptors (Lipinski definition) is 4. The van der Waals surface area contributed by atoms with Crippen molar-refractivity contribution in [1.29, 1.82) is 0 Å². The minimum Gasteiger partial charge on any atom is -0.507 e. The number of Topliss-reactive ketones (excluding diaryl/α,β-unsaturated/α-hetero) is 1. The van der Waals surface area contributed by atoms with E-state index in [1.807, 2.05) is 0 Å². The van der Waals surface area contributed by atoms with E-state index in [0.29, 0.717) is 5.75 Å². The highest BCUT2D eigenvalue weighted by atomic mass is 16.5. The maximum absolute atomic E-state index is 11.3. The number of methoxy groups -OCH3 is 1. The molecule has 0 aromatic heterocycles. The summed E-state index contributed by atoms with van der Waals surface area (Å²) >= 11 is 0. The molecule has 5 heteroatoms. The van der Waals surface area contributed by atoms with Crippen molar-refractivity contribution in [3.63, 3.8) is 0 Å². The van der Waals surface area contributed by atoms with E-state index in [0.717, 1.165) is 0 Å². The summed E-state index contributed by atoms with van der Waals surface area (Å²) in [7, 11) is 1.42. The average molecular weight is 210 g/mol. The van der Waals surface area contributed by atoms with E-state index in [1.165, 1.54) is 25.3 Å². The van der Waals surface area contributed by atoms with Crippen LogP contribution in [0.3, 0.4) is 0 Å². The minimum absolute atomic E-state index is 0.0156. The van der Waals surface area contributed by atoms with E-state index < -0.39 is 18.2 Å². The third-order valence-corrected chi connectivity index (χ3v) is 1.82. The number of hydrogen-bond donors (Lipinski definition) is 2. The summed E-state index contributed by atoms with van der Waals surface area (Å²) in [6, 6.07) is 4.07. The van der Waals surface area contributed by atoms with Crippen LogP contribution in [-0.2, 0) is 4.79 Å². The Bertz CT molecular complexity index is 397. The van der Waals surface area contributed by atoms with E-state index in [-0.39, 0.29) is 11.3 Å². The summed E-state index contributed by atoms with van der Waals surface area (Å²) in [5.41, 5.74) is -0.0156. The molecular weight excluding hydrogens is 200 g/mol. The van der Waals surface area contributed by atoms with Crippen LogP contribution in [0, 0.1) is 0 Å². The summed E-state index contributed by atoms with van der Waals surface area (Å²) in [5.74, 6) is -1.74. The smallest absolute Gasteiger partial charge is 0.311 e. The van der Waals surface area contributed by atoms with E-state index in [1.54, 1.807) is 0 Å². The minimum atomic E-state index is -1.23. The highest BCUT2D eigenvalue weighted by Gasteiger charge is 2.14. The number of carboxylic acids is 1. The lowest BCUT2D eigenvalue weighted by Gasteiger charge is -2.04. The van der Waals surface area contributed by atoms with Crippen LogP contribution in [0.5, 0.6) is 11.5 Å². The number of rotatable bonds is 4. The predicted octanol–water partition coefficient (Wildman–Crippen LogP) is 1.06. The highest BCUT2D eigenvalue weighted by molar-refractivity contribution is 6.07. The predicted molar refractivity (Wildman–Crippen MR) is 51.2 cm³/mol. The van der Waals surface area contributed by atoms with Gasteiger partial charge in [0.25, 0.3) is 0 Å². The van der Waals surface area contributed by atoms with Gasteiger partial charge >= 0.3 is 5.97 Å². The van der Waals surface area contributed by atoms with E-state index in [9.17, 15) is 14.7 Å². The molecule has 1 aromatic rings. The number of carbonyl (C=O) groups excluding carboxylic acids is 1. The topological polar surface area (TPSA) is 83.8 Å². The van der Waals surface area contributed by atoms with Gasteiger partial charge in [0.15, 0.2) is 5.78 Å². The summed E-state index contributed by atoms with van der Waals surface area (Å²) in [6.45, 7) is 0. The van der Waals surface area contributed by atoms with E-state index >= 15 is 0 Å². The molecule has 2 N–H and O–H groups in total. The molecule has 0 saturated heterocycles. The summed E-state index contributed by atoms with van der Waals surface area (Å²) < 4.78 is 4.82. The van der Waals surface area contributed by atoms with Gasteiger partial charge in [-0.1, -0.05) is 0 Å². The Balaban J connectivity index is 2.95. The third kappa shape index (κ3) is 2.70. The van der Waals surface area contributed by atoms with Crippen LogP contribution in [0.15, 0.2) is 18.2 Å². The quantitative estimate of drug-likeness (QED) is 0.573. The molecule has 15 heavy (non-hydrogen) atoms. The number of aliphatic carboxylic acids is 1. The lowest BCUT2D eigenvalue weighted by molar-refractivity contribution is -0.135. The van der Waals surface area contributed by atoms with Crippen molar-refractivity contribution in [1.82, 2.24) is 0 Å². The van der Waals surface area contributed by atoms with Crippen LogP contribution in [0.25, 0.3) is 0 Å². The van der Waals surface area contributed by atoms with Crippen molar-refractivity contribution in [2.24, 2.45) is 0 Å². The second kappa shape index (κ2) is 4.45. The normalized spacial score (nSPS) is 9.67. The number of aromatic hydroxyl groups is 1. The van der Waals surface area contributed by atoms with E-state index in [2.05, 4.69) is 0 Å². The second-order valence-corrected chi connectivity index (χ2v) is 2.88. The van der Waals surface area contributed by atoms with E-state index in [4.69, 9.17) is 9.84 Å². The maximum atomic E-state index is 11.3. The largest absolute Gasteiger partial charge is 0.507 e. The molecule has 0 aliphatic carbocycles. The zero-order valence-corrected chi connectivity index (χ0v) is 8.06. The van der Waals surface area contributed by atoms with Gasteiger partial charge in [-0.2, -0.15) is 0 Å². The molecule has 80 valence electrons. The molecule has 0 aliphatic heterocycles. The van der Waals surface area contributed by atoms with Gasteiger partial charge in [0.1, 0.15) is 17.9 Å². The summed E-state index contributed by atoms with van der Waals surface area (Å²) in [4.78, 5) is 21.6. The molecular formula is C10H10O5. The Morgan fingerprint density at radius 2 is 2.07 bits per heavy atom. The molecule has 0 fully saturated rings. The fourth-order valence-electron chi connectivity index (χ4n) is 1.11. The molecule has 0 amide bonds. The second-order valence-electron chi connectivity index (χ2n) is 2.88. The van der Waals surface area contributed by atoms with Gasteiger partial charge in [-0.25, -0.2) is 0 Å². The van der Waals surface area contributed by atoms with Crippen molar-refractivity contribution < 1.29 is 24.5 Å². The first kappa shape index (κ1) is 11.0. The maximum Gasteiger partial charge on any atom is 0.311 e. The Hall–Kier alpha value is -2.04. The Labute approximate surface area is 85.9 Å². The van der Waals surface area contributed by atoms with Gasteiger partial charge in [-0.05, 0) is 12.1 Å². The first-order valence-electron chi connectivity index (χ1n) is 4.16. The molecule has 0 heterocycles. The molecule has 5 nitrogen and oxygen atoms in total. The monoisotopic (exact) mass is 210 g/mol. The molecule has 0 spiro atoms. The van der Waals surface area contributed by atoms with Crippen LogP contribution >= 0.6 is 0 Å². The number of phenolic OH excluding ortho intramolecular Hbond substituents is 1. The van der Waals surface area contributed by atoms with Gasteiger partial charge < -0.3 is 14.9 Å². The number of benzene rings is 1. The van der Waals surface area contributed by atoms with Crippen molar-refractivity contribution >= 4 is 11.8 Å². The molecule has 1 aromatic carbocycles. The summed E-state index contributed by atoms with van der Waals surface area (Å²) in [6.07, 6.45) is -0.639. The Morgan fingerprint density at radius 3 is 2.53 bits per heavy atom. The average Bonchev–Trinajstić information content (AvgIpc) is 2.16. The van der Waals surface area contributed by atoms with Crippen LogP contribution in [0.2, 0.25) is 0 Å². The Kier molecular flexibility index (Phi) is 3.28. The zero-order chi connectivity index (χ0) is 11.4. The molecule has 0 radical (unpaired) electrons. The lowest BCUT2D eigenvalue weighted by atomic mass is 10.1. The van der Waals surface area contributed by atoms with Crippen LogP contribution in [-0.4, -0.2) is 29.1 Å². The molecule has 0 atom stereocenters. The van der Waals surface area contributed by atoms with Gasteiger partial charge in [0, 0.05) is 6.07 Å². The fourth-order valence-corrected chi connectivity index (χ4v) is 1.11. The number of carboxylic acid groups (broad SMARTS) is 1. The van der Waals surface area contributed by atoms with Gasteiger partial charge in [-0.3, -0.25) is 9.59 Å². The van der Waals surface area contributed by atoms with Crippen molar-refractivity contribution in [3.8, 4) is 11.5 Å². The third-order valence-electron chi connectivity index (χ3n) is 1.82. The van der Waals surface area contributed by atoms with Crippen LogP contribution in [0.4, 0.5) is 0 Å². The van der Waals surface area contributed by atoms with Crippen molar-refractivity contribution in [2.75, 3.05) is 7.11 Å². The fraction of sp³-hybridized carbons (Fsp3) is 0.200. The lowest BCUT2D eigenvalue weighted by Crippen LogP contribution is -2.07. The number of ketones is 1. The van der Waals surface area contributed by atoms with Crippen LogP contribution < -0.4 is 4.74 Å². The van der Waals surface area contributed by atoms with Gasteiger partial charge in [0.2, 0.25) is 0 Å². The van der Waals surface area contributed by atoms with Gasteiger partial charge in [-0.15, -0.1) is 0 Å². The zero-order valence-electron chi connectivity index (χ0n) is 8.06. The highest BCUT2D eigenvalue weighted by Crippen LogP contribution is 2.24. The first-order chi connectivity index (χ1) is 7.04. The molecule has 1 rings (SSSR count). The number of phenols is 1. The van der Waals surface area contributed by atoms with Crippen LogP contribution in [0.1, 0.15) is 16.8 Å². The molecule has 0 unspecified atom stereocenters. The first-order valence-corrected chi connectivity index (χ1v) is 4.16.